The van der Waals surface area contributed by atoms with Crippen LogP contribution >= 0.6 is 0 Å². The van der Waals surface area contributed by atoms with Crippen LogP contribution in [-0.2, 0) is 4.74 Å². The summed E-state index contributed by atoms with van der Waals surface area (Å²) in [5.74, 6) is 0. The van der Waals surface area contributed by atoms with E-state index in [-0.39, 0.29) is 0 Å². The van der Waals surface area contributed by atoms with Gasteiger partial charge in [-0.25, -0.2) is 0 Å². The molecule has 0 aromatic rings. The molecule has 0 aliphatic carbocycles. The minimum atomic E-state index is -1.09. The van der Waals surface area contributed by atoms with Gasteiger partial charge in [-0.15, -0.1) is 0 Å². The van der Waals surface area contributed by atoms with Crippen molar-refractivity contribution in [3.63, 3.8) is 0 Å². The molecule has 0 radical (unpaired) electrons. The normalized spacial score (nSPS) is 34.2. The number of ether oxygens (including phenoxy) is 1. The average Bonchev–Trinajstić information content (AvgIpc) is 1.97. The van der Waals surface area contributed by atoms with E-state index in [2.05, 4.69) is 39.6 Å². The molecule has 1 aliphatic heterocycles. The van der Waals surface area contributed by atoms with E-state index in [1.54, 1.807) is 5.20 Å². The first-order chi connectivity index (χ1) is 6.39. The Morgan fingerprint density at radius 1 is 1.21 bits per heavy atom. The van der Waals surface area contributed by atoms with Crippen LogP contribution in [0.15, 0.2) is 11.3 Å². The summed E-state index contributed by atoms with van der Waals surface area (Å²) in [6.45, 7) is 11.7. The highest BCUT2D eigenvalue weighted by atomic mass is 28.3. The third kappa shape index (κ3) is 3.58. The van der Waals surface area contributed by atoms with Gasteiger partial charge in [0.15, 0.2) is 0 Å². The van der Waals surface area contributed by atoms with E-state index in [9.17, 15) is 0 Å². The molecule has 1 rings (SSSR count). The monoisotopic (exact) mass is 212 g/mol. The van der Waals surface area contributed by atoms with Gasteiger partial charge >= 0.3 is 0 Å². The molecule has 14 heavy (non-hydrogen) atoms. The molecule has 0 aromatic carbocycles. The molecule has 1 aliphatic rings. The average molecular weight is 212 g/mol. The van der Waals surface area contributed by atoms with Crippen LogP contribution in [0.5, 0.6) is 0 Å². The van der Waals surface area contributed by atoms with Gasteiger partial charge < -0.3 is 4.74 Å². The predicted molar refractivity (Wildman–Crippen MR) is 65.3 cm³/mol. The van der Waals surface area contributed by atoms with Crippen LogP contribution in [0.2, 0.25) is 19.6 Å². The molecule has 0 bridgehead atoms. The molecule has 0 spiro atoms. The highest BCUT2D eigenvalue weighted by molar-refractivity contribution is 6.83. The molecular weight excluding hydrogens is 188 g/mol. The summed E-state index contributed by atoms with van der Waals surface area (Å²) in [5, 5.41) is 1.69. The van der Waals surface area contributed by atoms with Gasteiger partial charge in [-0.1, -0.05) is 30.9 Å². The first-order valence-electron chi connectivity index (χ1n) is 5.74. The van der Waals surface area contributed by atoms with Crippen molar-refractivity contribution in [2.75, 3.05) is 0 Å². The maximum Gasteiger partial charge on any atom is 0.0721 e. The SMILES string of the molecule is C[C@@H]1CC/C=C(/[Si](C)(C)C)C[C@H](C)O1. The van der Waals surface area contributed by atoms with Gasteiger partial charge in [0.1, 0.15) is 0 Å². The van der Waals surface area contributed by atoms with Crippen LogP contribution in [0.3, 0.4) is 0 Å². The molecule has 2 heteroatoms. The summed E-state index contributed by atoms with van der Waals surface area (Å²) in [4.78, 5) is 0. The van der Waals surface area contributed by atoms with Crippen LogP contribution in [0.1, 0.15) is 33.1 Å². The van der Waals surface area contributed by atoms with Gasteiger partial charge in [-0.2, -0.15) is 0 Å². The van der Waals surface area contributed by atoms with Crippen LogP contribution in [0, 0.1) is 0 Å². The largest absolute Gasteiger partial charge is 0.375 e. The Morgan fingerprint density at radius 3 is 2.43 bits per heavy atom. The Labute approximate surface area is 89.6 Å². The number of hydrogen-bond donors (Lipinski definition) is 0. The fourth-order valence-electron chi connectivity index (χ4n) is 2.01. The Bertz CT molecular complexity index is 215. The van der Waals surface area contributed by atoms with Crippen molar-refractivity contribution in [3.05, 3.63) is 11.3 Å². The zero-order chi connectivity index (χ0) is 10.8. The second-order valence-electron chi connectivity index (χ2n) is 5.52. The summed E-state index contributed by atoms with van der Waals surface area (Å²) in [6, 6.07) is 0. The van der Waals surface area contributed by atoms with E-state index in [4.69, 9.17) is 4.74 Å². The molecule has 0 amide bonds. The van der Waals surface area contributed by atoms with E-state index >= 15 is 0 Å². The fraction of sp³-hybridized carbons (Fsp3) is 0.833. The van der Waals surface area contributed by atoms with E-state index in [1.165, 1.54) is 12.8 Å². The minimum Gasteiger partial charge on any atom is -0.375 e. The van der Waals surface area contributed by atoms with Gasteiger partial charge in [0.25, 0.3) is 0 Å². The summed E-state index contributed by atoms with van der Waals surface area (Å²) in [7, 11) is -1.09. The van der Waals surface area contributed by atoms with Crippen molar-refractivity contribution in [3.8, 4) is 0 Å². The molecule has 0 aromatic heterocycles. The van der Waals surface area contributed by atoms with Crippen molar-refractivity contribution in [2.45, 2.75) is 65.0 Å². The van der Waals surface area contributed by atoms with Crippen molar-refractivity contribution in [2.24, 2.45) is 0 Å². The standard InChI is InChI=1S/C12H24OSi/c1-10-7-6-8-12(14(3,4)5)9-11(2)13-10/h8,10-11H,6-7,9H2,1-5H3/b12-8+/t10-,11+/m1/s1. The fourth-order valence-corrected chi connectivity index (χ4v) is 3.67. The van der Waals surface area contributed by atoms with Crippen LogP contribution in [0.4, 0.5) is 0 Å². The predicted octanol–water partition coefficient (Wildman–Crippen LogP) is 3.77. The van der Waals surface area contributed by atoms with E-state index in [0.29, 0.717) is 12.2 Å². The highest BCUT2D eigenvalue weighted by Gasteiger charge is 2.23. The topological polar surface area (TPSA) is 9.23 Å². The summed E-state index contributed by atoms with van der Waals surface area (Å²) >= 11 is 0. The molecule has 2 atom stereocenters. The van der Waals surface area contributed by atoms with Crippen molar-refractivity contribution < 1.29 is 4.74 Å². The van der Waals surface area contributed by atoms with Gasteiger partial charge in [0.2, 0.25) is 0 Å². The second kappa shape index (κ2) is 4.62. The van der Waals surface area contributed by atoms with Crippen molar-refractivity contribution in [1.82, 2.24) is 0 Å². The third-order valence-electron chi connectivity index (χ3n) is 2.90. The lowest BCUT2D eigenvalue weighted by atomic mass is 10.1. The van der Waals surface area contributed by atoms with Gasteiger partial charge in [-0.05, 0) is 33.1 Å². The Morgan fingerprint density at radius 2 is 1.86 bits per heavy atom. The van der Waals surface area contributed by atoms with E-state index < -0.39 is 8.07 Å². The van der Waals surface area contributed by atoms with E-state index in [0.717, 1.165) is 6.42 Å². The van der Waals surface area contributed by atoms with Crippen molar-refractivity contribution >= 4 is 8.07 Å². The first kappa shape index (κ1) is 12.0. The summed E-state index contributed by atoms with van der Waals surface area (Å²) < 4.78 is 5.90. The number of rotatable bonds is 1. The lowest BCUT2D eigenvalue weighted by molar-refractivity contribution is 0.00383. The van der Waals surface area contributed by atoms with Gasteiger partial charge in [-0.3, -0.25) is 0 Å². The third-order valence-corrected chi connectivity index (χ3v) is 5.23. The first-order valence-corrected chi connectivity index (χ1v) is 9.24. The minimum absolute atomic E-state index is 0.406. The lowest BCUT2D eigenvalue weighted by Crippen LogP contribution is -2.29. The van der Waals surface area contributed by atoms with Gasteiger partial charge in [0.05, 0.1) is 20.3 Å². The quantitative estimate of drug-likeness (QED) is 0.601. The van der Waals surface area contributed by atoms with Crippen molar-refractivity contribution in [1.29, 1.82) is 0 Å². The smallest absolute Gasteiger partial charge is 0.0721 e. The van der Waals surface area contributed by atoms with E-state index in [1.807, 2.05) is 0 Å². The van der Waals surface area contributed by atoms with Crippen LogP contribution in [0.25, 0.3) is 0 Å². The number of hydrogen-bond acceptors (Lipinski definition) is 1. The molecule has 0 saturated heterocycles. The second-order valence-corrected chi connectivity index (χ2v) is 10.7. The molecular formula is C12H24OSi. The zero-order valence-corrected chi connectivity index (χ0v) is 11.3. The Kier molecular flexibility index (Phi) is 3.96. The summed E-state index contributed by atoms with van der Waals surface area (Å²) in [5.41, 5.74) is 0. The Hall–Kier alpha value is -0.0831. The zero-order valence-electron chi connectivity index (χ0n) is 10.3. The molecule has 0 unspecified atom stereocenters. The Balaban J connectivity index is 2.72. The van der Waals surface area contributed by atoms with Crippen LogP contribution in [-0.4, -0.2) is 20.3 Å². The molecule has 1 nitrogen and oxygen atoms in total. The lowest BCUT2D eigenvalue weighted by Gasteiger charge is -2.28. The maximum absolute atomic E-state index is 5.90. The van der Waals surface area contributed by atoms with Crippen LogP contribution < -0.4 is 0 Å². The molecule has 82 valence electrons. The number of allylic oxidation sites excluding steroid dienone is 1. The molecule has 0 N–H and O–H groups in total. The maximum atomic E-state index is 5.90. The highest BCUT2D eigenvalue weighted by Crippen LogP contribution is 2.25. The summed E-state index contributed by atoms with van der Waals surface area (Å²) in [6.07, 6.45) is 6.86. The molecule has 0 fully saturated rings. The van der Waals surface area contributed by atoms with Gasteiger partial charge in [0, 0.05) is 0 Å². The molecule has 1 heterocycles. The molecule has 0 saturated carbocycles.